The standard InChI is InChI=1S/C70H50N2/c1-47-25-21-23-39-61(47)72(62-40-24-22-26-48(62)2)56-42-44-58-60(46-56)66(52-33-15-6-16-34-52)70-68(64(58)50-29-11-4-12-30-50)67-63(49-27-9-3-10-28-49)57-43-41-55(45-59(57)65(69(67)70)51-31-13-5-14-32-51)71(53-35-17-7-18-36-53)54-37-19-8-20-38-54/h3-46H,1-2H3. The van der Waals surface area contributed by atoms with E-state index in [9.17, 15) is 0 Å². The fraction of sp³-hybridized carbons (Fsp3) is 0.0286. The number of fused-ring (bicyclic) bond motifs is 6. The van der Waals surface area contributed by atoms with Gasteiger partial charge in [-0.05, 0) is 174 Å². The van der Waals surface area contributed by atoms with Crippen LogP contribution in [0.25, 0.3) is 88.3 Å². The molecule has 1 aliphatic carbocycles. The molecule has 0 aliphatic heterocycles. The van der Waals surface area contributed by atoms with Crippen LogP contribution in [-0.4, -0.2) is 0 Å². The van der Waals surface area contributed by atoms with Gasteiger partial charge in [0.2, 0.25) is 0 Å². The van der Waals surface area contributed by atoms with Crippen molar-refractivity contribution in [3.63, 3.8) is 0 Å². The minimum absolute atomic E-state index is 1.10. The average Bonchev–Trinajstić information content (AvgIpc) is 3.44. The maximum atomic E-state index is 2.47. The zero-order valence-corrected chi connectivity index (χ0v) is 40.3. The van der Waals surface area contributed by atoms with Gasteiger partial charge in [0.15, 0.2) is 0 Å². The quantitative estimate of drug-likeness (QED) is 0.135. The van der Waals surface area contributed by atoms with Crippen LogP contribution in [0.2, 0.25) is 0 Å². The molecule has 0 spiro atoms. The van der Waals surface area contributed by atoms with E-state index in [1.54, 1.807) is 0 Å². The van der Waals surface area contributed by atoms with Crippen molar-refractivity contribution in [1.29, 1.82) is 0 Å². The van der Waals surface area contributed by atoms with Crippen LogP contribution in [0.5, 0.6) is 0 Å². The van der Waals surface area contributed by atoms with Gasteiger partial charge in [0, 0.05) is 34.1 Å². The molecule has 2 heteroatoms. The average molecular weight is 919 g/mol. The summed E-state index contributed by atoms with van der Waals surface area (Å²) in [6, 6.07) is 97.8. The van der Waals surface area contributed by atoms with Crippen LogP contribution in [0.15, 0.2) is 267 Å². The second-order valence-electron chi connectivity index (χ2n) is 18.8. The van der Waals surface area contributed by atoms with Crippen LogP contribution in [0.3, 0.4) is 0 Å². The van der Waals surface area contributed by atoms with Gasteiger partial charge in [0.05, 0.1) is 0 Å². The Kier molecular flexibility index (Phi) is 10.7. The minimum Gasteiger partial charge on any atom is -0.310 e. The van der Waals surface area contributed by atoms with E-state index in [0.29, 0.717) is 0 Å². The summed E-state index contributed by atoms with van der Waals surface area (Å²) in [4.78, 5) is 4.84. The van der Waals surface area contributed by atoms with Crippen LogP contribution in [-0.2, 0) is 0 Å². The molecule has 12 aromatic rings. The Morgan fingerprint density at radius 1 is 0.208 bits per heavy atom. The largest absolute Gasteiger partial charge is 0.310 e. The number of nitrogens with zero attached hydrogens (tertiary/aromatic N) is 2. The normalized spacial score (nSPS) is 11.5. The summed E-state index contributed by atoms with van der Waals surface area (Å²) in [6.45, 7) is 4.43. The maximum Gasteiger partial charge on any atom is 0.0490 e. The predicted octanol–water partition coefficient (Wildman–Crippen LogP) is 19.9. The van der Waals surface area contributed by atoms with E-state index < -0.39 is 0 Å². The molecular formula is C70H50N2. The summed E-state index contributed by atoms with van der Waals surface area (Å²) in [5, 5.41) is 4.86. The van der Waals surface area contributed by atoms with Gasteiger partial charge in [-0.1, -0.05) is 206 Å². The Morgan fingerprint density at radius 2 is 0.486 bits per heavy atom. The molecule has 0 atom stereocenters. The third-order valence-electron chi connectivity index (χ3n) is 14.6. The van der Waals surface area contributed by atoms with E-state index in [-0.39, 0.29) is 0 Å². The van der Waals surface area contributed by atoms with Crippen LogP contribution >= 0.6 is 0 Å². The highest BCUT2D eigenvalue weighted by atomic mass is 15.1. The molecule has 0 bridgehead atoms. The Labute approximate surface area is 422 Å². The van der Waals surface area contributed by atoms with E-state index in [0.717, 1.165) is 34.1 Å². The van der Waals surface area contributed by atoms with Crippen LogP contribution in [0, 0.1) is 13.8 Å². The highest BCUT2D eigenvalue weighted by Crippen LogP contribution is 2.66. The maximum absolute atomic E-state index is 2.47. The molecule has 340 valence electrons. The van der Waals surface area contributed by atoms with Crippen molar-refractivity contribution in [2.75, 3.05) is 9.80 Å². The highest BCUT2D eigenvalue weighted by Gasteiger charge is 2.39. The van der Waals surface area contributed by atoms with E-state index >= 15 is 0 Å². The van der Waals surface area contributed by atoms with Crippen LogP contribution in [0.1, 0.15) is 11.1 Å². The molecule has 0 saturated heterocycles. The second-order valence-corrected chi connectivity index (χ2v) is 18.8. The van der Waals surface area contributed by atoms with Crippen molar-refractivity contribution in [3.8, 4) is 66.8 Å². The minimum atomic E-state index is 1.10. The number of para-hydroxylation sites is 4. The molecule has 0 unspecified atom stereocenters. The number of benzene rings is 12. The molecule has 12 aromatic carbocycles. The summed E-state index contributed by atoms with van der Waals surface area (Å²) in [5.74, 6) is 0. The van der Waals surface area contributed by atoms with Gasteiger partial charge >= 0.3 is 0 Å². The summed E-state index contributed by atoms with van der Waals surface area (Å²) < 4.78 is 0. The predicted molar refractivity (Wildman–Crippen MR) is 306 cm³/mol. The smallest absolute Gasteiger partial charge is 0.0490 e. The monoisotopic (exact) mass is 918 g/mol. The number of anilines is 6. The van der Waals surface area contributed by atoms with Gasteiger partial charge in [0.1, 0.15) is 0 Å². The number of hydrogen-bond acceptors (Lipinski definition) is 2. The van der Waals surface area contributed by atoms with Crippen molar-refractivity contribution in [3.05, 3.63) is 278 Å². The lowest BCUT2D eigenvalue weighted by molar-refractivity contribution is 1.23. The van der Waals surface area contributed by atoms with E-state index in [2.05, 4.69) is 291 Å². The summed E-state index contributed by atoms with van der Waals surface area (Å²) in [6.07, 6.45) is 0. The third-order valence-corrected chi connectivity index (χ3v) is 14.6. The van der Waals surface area contributed by atoms with Gasteiger partial charge in [-0.15, -0.1) is 0 Å². The van der Waals surface area contributed by atoms with E-state index in [1.165, 1.54) is 99.4 Å². The molecule has 0 radical (unpaired) electrons. The zero-order valence-electron chi connectivity index (χ0n) is 40.3. The number of hydrogen-bond donors (Lipinski definition) is 0. The van der Waals surface area contributed by atoms with Gasteiger partial charge in [-0.2, -0.15) is 0 Å². The lowest BCUT2D eigenvalue weighted by Crippen LogP contribution is -2.13. The first kappa shape index (κ1) is 42.8. The molecule has 0 aromatic heterocycles. The Morgan fingerprint density at radius 3 is 0.819 bits per heavy atom. The lowest BCUT2D eigenvalue weighted by Gasteiger charge is -2.38. The molecule has 0 N–H and O–H groups in total. The number of aryl methyl sites for hydroxylation is 2. The summed E-state index contributed by atoms with van der Waals surface area (Å²) in [5.41, 5.74) is 24.1. The molecule has 13 rings (SSSR count). The van der Waals surface area contributed by atoms with Crippen molar-refractivity contribution < 1.29 is 0 Å². The summed E-state index contributed by atoms with van der Waals surface area (Å²) >= 11 is 0. The fourth-order valence-corrected chi connectivity index (χ4v) is 11.4. The first-order chi connectivity index (χ1) is 35.6. The second kappa shape index (κ2) is 17.9. The first-order valence-corrected chi connectivity index (χ1v) is 24.9. The Hall–Kier alpha value is -9.24. The van der Waals surface area contributed by atoms with Gasteiger partial charge in [-0.3, -0.25) is 0 Å². The van der Waals surface area contributed by atoms with Crippen molar-refractivity contribution in [2.45, 2.75) is 13.8 Å². The van der Waals surface area contributed by atoms with Crippen molar-refractivity contribution >= 4 is 55.7 Å². The van der Waals surface area contributed by atoms with Crippen LogP contribution < -0.4 is 9.80 Å². The lowest BCUT2D eigenvalue weighted by atomic mass is 9.65. The first-order valence-electron chi connectivity index (χ1n) is 24.9. The van der Waals surface area contributed by atoms with E-state index in [4.69, 9.17) is 0 Å². The molecular weight excluding hydrogens is 869 g/mol. The Bertz CT molecular complexity index is 3880. The van der Waals surface area contributed by atoms with Crippen molar-refractivity contribution in [2.24, 2.45) is 0 Å². The molecule has 72 heavy (non-hydrogen) atoms. The van der Waals surface area contributed by atoms with Crippen molar-refractivity contribution in [1.82, 2.24) is 0 Å². The Balaban J connectivity index is 1.20. The highest BCUT2D eigenvalue weighted by molar-refractivity contribution is 6.33. The summed E-state index contributed by atoms with van der Waals surface area (Å²) in [7, 11) is 0. The third kappa shape index (κ3) is 7.10. The van der Waals surface area contributed by atoms with Crippen LogP contribution in [0.4, 0.5) is 34.1 Å². The molecule has 0 heterocycles. The SMILES string of the molecule is Cc1ccccc1N(c1ccc2c(-c3ccccc3)c3c(c(-c4ccccc4)c2c1)-c1c-3c(-c2ccccc2)c2ccc(N(c3ccccc3)c3ccccc3)cc2c1-c1ccccc1)c1ccccc1C. The molecule has 1 aliphatic rings. The van der Waals surface area contributed by atoms with Gasteiger partial charge in [-0.25, -0.2) is 0 Å². The molecule has 0 amide bonds. The topological polar surface area (TPSA) is 6.48 Å². The zero-order chi connectivity index (χ0) is 48.1. The number of rotatable bonds is 10. The van der Waals surface area contributed by atoms with E-state index in [1.807, 2.05) is 0 Å². The molecule has 2 nitrogen and oxygen atoms in total. The van der Waals surface area contributed by atoms with Gasteiger partial charge < -0.3 is 9.80 Å². The molecule has 0 saturated carbocycles. The van der Waals surface area contributed by atoms with Gasteiger partial charge in [0.25, 0.3) is 0 Å². The fourth-order valence-electron chi connectivity index (χ4n) is 11.4. The molecule has 0 fully saturated rings.